The highest BCUT2D eigenvalue weighted by Crippen LogP contribution is 2.33. The molecule has 2 aromatic carbocycles. The van der Waals surface area contributed by atoms with Gasteiger partial charge in [-0.15, -0.1) is 0 Å². The molecule has 3 N–H and O–H groups in total. The van der Waals surface area contributed by atoms with E-state index in [1.807, 2.05) is 36.4 Å². The molecule has 3 rings (SSSR count). The Hall–Kier alpha value is -2.57. The van der Waals surface area contributed by atoms with Gasteiger partial charge in [0.15, 0.2) is 11.5 Å². The number of amides is 1. The molecule has 28 heavy (non-hydrogen) atoms. The second-order valence-electron chi connectivity index (χ2n) is 8.08. The van der Waals surface area contributed by atoms with Crippen LogP contribution < -0.4 is 20.5 Å². The quantitative estimate of drug-likeness (QED) is 0.731. The number of ether oxygens (including phenoxy) is 2. The molecule has 0 saturated heterocycles. The van der Waals surface area contributed by atoms with Crippen LogP contribution in [0.5, 0.6) is 11.5 Å². The summed E-state index contributed by atoms with van der Waals surface area (Å²) in [5.74, 6) is 1.53. The predicted octanol–water partition coefficient (Wildman–Crippen LogP) is 3.36. The standard InChI is InChI=1S/C22H29N3O3/c1-16(26)24-19-7-4-17(5-8-19)11-25(14-22(2,3)13-23)12-18-6-9-20-21(10-18)28-15-27-20/h4-10H,11-15,23H2,1-3H3,(H,24,26). The number of hydrogen-bond acceptors (Lipinski definition) is 5. The average Bonchev–Trinajstić information content (AvgIpc) is 3.10. The summed E-state index contributed by atoms with van der Waals surface area (Å²) < 4.78 is 10.9. The minimum absolute atomic E-state index is 0.00641. The van der Waals surface area contributed by atoms with Crippen LogP contribution in [0.3, 0.4) is 0 Å². The van der Waals surface area contributed by atoms with E-state index >= 15 is 0 Å². The fourth-order valence-corrected chi connectivity index (χ4v) is 3.29. The van der Waals surface area contributed by atoms with E-state index in [0.29, 0.717) is 6.54 Å². The number of rotatable bonds is 8. The summed E-state index contributed by atoms with van der Waals surface area (Å²) in [5, 5.41) is 2.80. The van der Waals surface area contributed by atoms with Crippen molar-refractivity contribution in [3.05, 3.63) is 53.6 Å². The third-order valence-electron chi connectivity index (χ3n) is 4.73. The highest BCUT2D eigenvalue weighted by atomic mass is 16.7. The maximum Gasteiger partial charge on any atom is 0.231 e. The Kier molecular flexibility index (Phi) is 6.21. The van der Waals surface area contributed by atoms with Crippen LogP contribution in [0.15, 0.2) is 42.5 Å². The van der Waals surface area contributed by atoms with Crippen LogP contribution in [0, 0.1) is 5.41 Å². The molecule has 0 fully saturated rings. The van der Waals surface area contributed by atoms with Gasteiger partial charge in [0.2, 0.25) is 12.7 Å². The second-order valence-corrected chi connectivity index (χ2v) is 8.08. The number of carbonyl (C=O) groups excluding carboxylic acids is 1. The van der Waals surface area contributed by atoms with Crippen LogP contribution in [0.25, 0.3) is 0 Å². The van der Waals surface area contributed by atoms with E-state index in [4.69, 9.17) is 15.2 Å². The molecule has 0 saturated carbocycles. The molecule has 0 atom stereocenters. The zero-order valence-electron chi connectivity index (χ0n) is 16.8. The van der Waals surface area contributed by atoms with Gasteiger partial charge in [0.1, 0.15) is 0 Å². The van der Waals surface area contributed by atoms with Crippen LogP contribution in [0.1, 0.15) is 31.9 Å². The molecule has 1 aliphatic heterocycles. The number of carbonyl (C=O) groups is 1. The Morgan fingerprint density at radius 1 is 1.07 bits per heavy atom. The van der Waals surface area contributed by atoms with Gasteiger partial charge in [-0.05, 0) is 47.4 Å². The monoisotopic (exact) mass is 383 g/mol. The van der Waals surface area contributed by atoms with Crippen molar-refractivity contribution in [1.29, 1.82) is 0 Å². The Morgan fingerprint density at radius 2 is 1.71 bits per heavy atom. The number of hydrogen-bond donors (Lipinski definition) is 2. The van der Waals surface area contributed by atoms with Crippen molar-refractivity contribution in [3.63, 3.8) is 0 Å². The maximum atomic E-state index is 11.2. The first-order chi connectivity index (χ1) is 13.3. The molecule has 2 aromatic rings. The van der Waals surface area contributed by atoms with E-state index in [0.717, 1.165) is 36.8 Å². The first-order valence-electron chi connectivity index (χ1n) is 9.52. The number of fused-ring (bicyclic) bond motifs is 1. The summed E-state index contributed by atoms with van der Waals surface area (Å²) in [6.07, 6.45) is 0. The van der Waals surface area contributed by atoms with Gasteiger partial charge in [-0.25, -0.2) is 0 Å². The van der Waals surface area contributed by atoms with Crippen LogP contribution in [0.4, 0.5) is 5.69 Å². The smallest absolute Gasteiger partial charge is 0.231 e. The van der Waals surface area contributed by atoms with E-state index in [9.17, 15) is 4.79 Å². The molecule has 0 bridgehead atoms. The van der Waals surface area contributed by atoms with Gasteiger partial charge in [-0.1, -0.05) is 32.0 Å². The molecule has 0 aliphatic carbocycles. The summed E-state index contributed by atoms with van der Waals surface area (Å²) in [6, 6.07) is 14.1. The lowest BCUT2D eigenvalue weighted by atomic mass is 9.92. The van der Waals surface area contributed by atoms with Gasteiger partial charge in [0.25, 0.3) is 0 Å². The first-order valence-corrected chi connectivity index (χ1v) is 9.52. The predicted molar refractivity (Wildman–Crippen MR) is 110 cm³/mol. The average molecular weight is 383 g/mol. The number of nitrogens with one attached hydrogen (secondary N) is 1. The normalized spacial score (nSPS) is 13.0. The van der Waals surface area contributed by atoms with E-state index in [-0.39, 0.29) is 18.1 Å². The minimum atomic E-state index is -0.0677. The van der Waals surface area contributed by atoms with Gasteiger partial charge in [0, 0.05) is 32.2 Å². The van der Waals surface area contributed by atoms with Crippen molar-refractivity contribution in [2.45, 2.75) is 33.9 Å². The maximum absolute atomic E-state index is 11.2. The van der Waals surface area contributed by atoms with E-state index in [2.05, 4.69) is 30.1 Å². The summed E-state index contributed by atoms with van der Waals surface area (Å²) in [7, 11) is 0. The molecular weight excluding hydrogens is 354 g/mol. The van der Waals surface area contributed by atoms with Crippen LogP contribution in [-0.2, 0) is 17.9 Å². The van der Waals surface area contributed by atoms with E-state index < -0.39 is 0 Å². The lowest BCUT2D eigenvalue weighted by Crippen LogP contribution is -2.38. The Morgan fingerprint density at radius 3 is 2.39 bits per heavy atom. The minimum Gasteiger partial charge on any atom is -0.454 e. The molecule has 1 amide bonds. The molecular formula is C22H29N3O3. The molecule has 6 nitrogen and oxygen atoms in total. The summed E-state index contributed by atoms with van der Waals surface area (Å²) >= 11 is 0. The van der Waals surface area contributed by atoms with Gasteiger partial charge in [-0.2, -0.15) is 0 Å². The fraction of sp³-hybridized carbons (Fsp3) is 0.409. The van der Waals surface area contributed by atoms with Crippen molar-refractivity contribution >= 4 is 11.6 Å². The topological polar surface area (TPSA) is 76.8 Å². The Balaban J connectivity index is 1.74. The molecule has 0 aromatic heterocycles. The van der Waals surface area contributed by atoms with Gasteiger partial charge in [-0.3, -0.25) is 9.69 Å². The molecule has 150 valence electrons. The molecule has 6 heteroatoms. The second kappa shape index (κ2) is 8.63. The lowest BCUT2D eigenvalue weighted by Gasteiger charge is -2.32. The number of benzene rings is 2. The molecule has 0 radical (unpaired) electrons. The largest absolute Gasteiger partial charge is 0.454 e. The van der Waals surface area contributed by atoms with Crippen LogP contribution in [-0.4, -0.2) is 30.7 Å². The fourth-order valence-electron chi connectivity index (χ4n) is 3.29. The molecule has 0 unspecified atom stereocenters. The molecule has 0 spiro atoms. The number of nitrogens with two attached hydrogens (primary N) is 1. The Labute approximate surface area is 166 Å². The molecule has 1 heterocycles. The third-order valence-corrected chi connectivity index (χ3v) is 4.73. The number of anilines is 1. The van der Waals surface area contributed by atoms with Gasteiger partial charge < -0.3 is 20.5 Å². The zero-order valence-corrected chi connectivity index (χ0v) is 16.8. The zero-order chi connectivity index (χ0) is 20.1. The van der Waals surface area contributed by atoms with Crippen molar-refractivity contribution in [2.24, 2.45) is 11.1 Å². The van der Waals surface area contributed by atoms with E-state index in [1.165, 1.54) is 18.1 Å². The van der Waals surface area contributed by atoms with E-state index in [1.54, 1.807) is 0 Å². The van der Waals surface area contributed by atoms with Gasteiger partial charge in [0.05, 0.1) is 0 Å². The number of nitrogens with zero attached hydrogens (tertiary/aromatic N) is 1. The Bertz CT molecular complexity index is 818. The molecule has 1 aliphatic rings. The first kappa shape index (κ1) is 20.2. The van der Waals surface area contributed by atoms with Crippen LogP contribution in [0.2, 0.25) is 0 Å². The SMILES string of the molecule is CC(=O)Nc1ccc(CN(Cc2ccc3c(c2)OCO3)CC(C)(C)CN)cc1. The van der Waals surface area contributed by atoms with Crippen molar-refractivity contribution < 1.29 is 14.3 Å². The summed E-state index contributed by atoms with van der Waals surface area (Å²) in [4.78, 5) is 13.6. The van der Waals surface area contributed by atoms with Crippen LogP contribution >= 0.6 is 0 Å². The van der Waals surface area contributed by atoms with Crippen molar-refractivity contribution in [3.8, 4) is 11.5 Å². The van der Waals surface area contributed by atoms with Crippen molar-refractivity contribution in [1.82, 2.24) is 4.90 Å². The summed E-state index contributed by atoms with van der Waals surface area (Å²) in [6.45, 7) is 9.21. The summed E-state index contributed by atoms with van der Waals surface area (Å²) in [5.41, 5.74) is 9.15. The van der Waals surface area contributed by atoms with Gasteiger partial charge >= 0.3 is 0 Å². The third kappa shape index (κ3) is 5.47. The lowest BCUT2D eigenvalue weighted by molar-refractivity contribution is -0.114. The van der Waals surface area contributed by atoms with Crippen molar-refractivity contribution in [2.75, 3.05) is 25.2 Å². The highest BCUT2D eigenvalue weighted by molar-refractivity contribution is 5.88. The highest BCUT2D eigenvalue weighted by Gasteiger charge is 2.22.